The van der Waals surface area contributed by atoms with Gasteiger partial charge >= 0.3 is 0 Å². The average Bonchev–Trinajstić information content (AvgIpc) is 2.27. The molecule has 0 bridgehead atoms. The summed E-state index contributed by atoms with van der Waals surface area (Å²) in [5.41, 5.74) is 6.33. The molecule has 0 atom stereocenters. The number of nitrogens with two attached hydrogens (primary N) is 1. The third-order valence-corrected chi connectivity index (χ3v) is 2.43. The molecule has 16 heavy (non-hydrogen) atoms. The molecule has 1 aromatic rings. The van der Waals surface area contributed by atoms with Crippen molar-refractivity contribution < 1.29 is 9.13 Å². The predicted octanol–water partition coefficient (Wildman–Crippen LogP) is 2.90. The van der Waals surface area contributed by atoms with E-state index in [0.717, 1.165) is 24.8 Å². The largest absolute Gasteiger partial charge is 0.491 e. The van der Waals surface area contributed by atoms with Gasteiger partial charge in [-0.25, -0.2) is 4.39 Å². The van der Waals surface area contributed by atoms with Crippen molar-refractivity contribution in [3.63, 3.8) is 0 Å². The van der Waals surface area contributed by atoms with Gasteiger partial charge in [0.05, 0.1) is 6.61 Å². The molecule has 0 saturated heterocycles. The lowest BCUT2D eigenvalue weighted by atomic mass is 10.1. The van der Waals surface area contributed by atoms with Gasteiger partial charge in [-0.1, -0.05) is 25.8 Å². The minimum Gasteiger partial charge on any atom is -0.491 e. The Bertz CT molecular complexity index is 315. The summed E-state index contributed by atoms with van der Waals surface area (Å²) in [4.78, 5) is 0. The zero-order valence-electron chi connectivity index (χ0n) is 9.84. The van der Waals surface area contributed by atoms with Gasteiger partial charge in [0.1, 0.15) is 0 Å². The Balaban J connectivity index is 2.47. The van der Waals surface area contributed by atoms with Crippen molar-refractivity contribution in [1.29, 1.82) is 0 Å². The maximum atomic E-state index is 13.5. The van der Waals surface area contributed by atoms with Crippen LogP contribution >= 0.6 is 0 Å². The normalized spacial score (nSPS) is 10.4. The van der Waals surface area contributed by atoms with Crippen LogP contribution in [-0.4, -0.2) is 13.2 Å². The lowest BCUT2D eigenvalue weighted by Gasteiger charge is -2.08. The van der Waals surface area contributed by atoms with Crippen LogP contribution in [0.15, 0.2) is 18.2 Å². The highest BCUT2D eigenvalue weighted by atomic mass is 19.1. The molecule has 3 heteroatoms. The molecule has 0 heterocycles. The highest BCUT2D eigenvalue weighted by Gasteiger charge is 2.04. The Hall–Kier alpha value is -1.09. The van der Waals surface area contributed by atoms with Crippen LogP contribution in [0.25, 0.3) is 0 Å². The van der Waals surface area contributed by atoms with E-state index in [-0.39, 0.29) is 5.82 Å². The van der Waals surface area contributed by atoms with Crippen LogP contribution in [-0.2, 0) is 6.42 Å². The molecular formula is C13H20FNO. The lowest BCUT2D eigenvalue weighted by molar-refractivity contribution is 0.291. The zero-order chi connectivity index (χ0) is 11.8. The molecule has 90 valence electrons. The SMILES string of the molecule is CCCCCOc1ccc(CCN)cc1F. The van der Waals surface area contributed by atoms with Crippen LogP contribution in [0.4, 0.5) is 4.39 Å². The fourth-order valence-corrected chi connectivity index (χ4v) is 1.52. The molecule has 2 nitrogen and oxygen atoms in total. The third-order valence-electron chi connectivity index (χ3n) is 2.43. The molecule has 0 fully saturated rings. The van der Waals surface area contributed by atoms with Gasteiger partial charge in [-0.05, 0) is 37.1 Å². The van der Waals surface area contributed by atoms with Crippen LogP contribution < -0.4 is 10.5 Å². The van der Waals surface area contributed by atoms with Crippen molar-refractivity contribution in [2.75, 3.05) is 13.2 Å². The first-order valence-electron chi connectivity index (χ1n) is 5.89. The fraction of sp³-hybridized carbons (Fsp3) is 0.538. The summed E-state index contributed by atoms with van der Waals surface area (Å²) in [7, 11) is 0. The highest BCUT2D eigenvalue weighted by Crippen LogP contribution is 2.18. The van der Waals surface area contributed by atoms with Gasteiger partial charge < -0.3 is 10.5 Å². The summed E-state index contributed by atoms with van der Waals surface area (Å²) < 4.78 is 18.9. The third kappa shape index (κ3) is 4.19. The van der Waals surface area contributed by atoms with Crippen LogP contribution in [0.3, 0.4) is 0 Å². The molecule has 1 rings (SSSR count). The second kappa shape index (κ2) is 7.23. The first kappa shape index (κ1) is 13.0. The lowest BCUT2D eigenvalue weighted by Crippen LogP contribution is -2.04. The molecule has 2 N–H and O–H groups in total. The van der Waals surface area contributed by atoms with Crippen molar-refractivity contribution in [3.8, 4) is 5.75 Å². The average molecular weight is 225 g/mol. The Morgan fingerprint density at radius 3 is 2.75 bits per heavy atom. The Kier molecular flexibility index (Phi) is 5.86. The van der Waals surface area contributed by atoms with Crippen molar-refractivity contribution in [1.82, 2.24) is 0 Å². The smallest absolute Gasteiger partial charge is 0.165 e. The predicted molar refractivity (Wildman–Crippen MR) is 64.2 cm³/mol. The van der Waals surface area contributed by atoms with E-state index < -0.39 is 0 Å². The molecule has 0 aromatic heterocycles. The first-order valence-corrected chi connectivity index (χ1v) is 5.89. The van der Waals surface area contributed by atoms with Gasteiger partial charge in [-0.3, -0.25) is 0 Å². The number of ether oxygens (including phenoxy) is 1. The Morgan fingerprint density at radius 2 is 2.12 bits per heavy atom. The minimum absolute atomic E-state index is 0.289. The maximum absolute atomic E-state index is 13.5. The molecule has 0 spiro atoms. The van der Waals surface area contributed by atoms with Gasteiger partial charge in [0.2, 0.25) is 0 Å². The number of unbranched alkanes of at least 4 members (excludes halogenated alkanes) is 2. The Morgan fingerprint density at radius 1 is 1.31 bits per heavy atom. The second-order valence-corrected chi connectivity index (χ2v) is 3.86. The molecule has 0 amide bonds. The van der Waals surface area contributed by atoms with E-state index in [9.17, 15) is 4.39 Å². The molecular weight excluding hydrogens is 205 g/mol. The topological polar surface area (TPSA) is 35.2 Å². The molecule has 0 saturated carbocycles. The van der Waals surface area contributed by atoms with Crippen LogP contribution in [0.2, 0.25) is 0 Å². The number of hydrogen-bond acceptors (Lipinski definition) is 2. The molecule has 0 aliphatic rings. The van der Waals surface area contributed by atoms with Crippen molar-refractivity contribution >= 4 is 0 Å². The standard InChI is InChI=1S/C13H20FNO/c1-2-3-4-9-16-13-6-5-11(7-8-15)10-12(13)14/h5-6,10H,2-4,7-9,15H2,1H3. The van der Waals surface area contributed by atoms with Crippen molar-refractivity contribution in [2.45, 2.75) is 32.6 Å². The minimum atomic E-state index is -0.289. The summed E-state index contributed by atoms with van der Waals surface area (Å²) in [6.45, 7) is 3.25. The van der Waals surface area contributed by atoms with E-state index in [1.54, 1.807) is 6.07 Å². The van der Waals surface area contributed by atoms with E-state index in [4.69, 9.17) is 10.5 Å². The zero-order valence-corrected chi connectivity index (χ0v) is 9.84. The van der Waals surface area contributed by atoms with Gasteiger partial charge in [0.15, 0.2) is 11.6 Å². The number of hydrogen-bond donors (Lipinski definition) is 1. The van der Waals surface area contributed by atoms with E-state index in [2.05, 4.69) is 6.92 Å². The van der Waals surface area contributed by atoms with E-state index >= 15 is 0 Å². The van der Waals surface area contributed by atoms with Gasteiger partial charge in [-0.15, -0.1) is 0 Å². The molecule has 0 aliphatic carbocycles. The van der Waals surface area contributed by atoms with Crippen molar-refractivity contribution in [2.24, 2.45) is 5.73 Å². The van der Waals surface area contributed by atoms with Gasteiger partial charge in [0, 0.05) is 0 Å². The summed E-state index contributed by atoms with van der Waals surface area (Å²) in [5.74, 6) is 0.0549. The Labute approximate surface area is 96.6 Å². The molecule has 0 radical (unpaired) electrons. The van der Waals surface area contributed by atoms with E-state index in [0.29, 0.717) is 25.3 Å². The quantitative estimate of drug-likeness (QED) is 0.724. The summed E-state index contributed by atoms with van der Waals surface area (Å²) >= 11 is 0. The second-order valence-electron chi connectivity index (χ2n) is 3.86. The van der Waals surface area contributed by atoms with Gasteiger partial charge in [-0.2, -0.15) is 0 Å². The maximum Gasteiger partial charge on any atom is 0.165 e. The molecule has 0 aliphatic heterocycles. The first-order chi connectivity index (χ1) is 7.77. The summed E-state index contributed by atoms with van der Waals surface area (Å²) in [5, 5.41) is 0. The molecule has 0 unspecified atom stereocenters. The van der Waals surface area contributed by atoms with Crippen LogP contribution in [0.1, 0.15) is 31.7 Å². The number of benzene rings is 1. The number of halogens is 1. The summed E-state index contributed by atoms with van der Waals surface area (Å²) in [6.07, 6.45) is 3.93. The molecule has 1 aromatic carbocycles. The van der Waals surface area contributed by atoms with Crippen LogP contribution in [0, 0.1) is 5.82 Å². The highest BCUT2D eigenvalue weighted by molar-refractivity contribution is 5.29. The summed E-state index contributed by atoms with van der Waals surface area (Å²) in [6, 6.07) is 5.05. The fourth-order valence-electron chi connectivity index (χ4n) is 1.52. The van der Waals surface area contributed by atoms with E-state index in [1.165, 1.54) is 6.07 Å². The monoisotopic (exact) mass is 225 g/mol. The van der Waals surface area contributed by atoms with Gasteiger partial charge in [0.25, 0.3) is 0 Å². The van der Waals surface area contributed by atoms with E-state index in [1.807, 2.05) is 6.07 Å². The van der Waals surface area contributed by atoms with Crippen molar-refractivity contribution in [3.05, 3.63) is 29.6 Å². The van der Waals surface area contributed by atoms with Crippen LogP contribution in [0.5, 0.6) is 5.75 Å². The number of rotatable bonds is 7.